The molecule has 0 saturated carbocycles. The third kappa shape index (κ3) is 4.98. The van der Waals surface area contributed by atoms with E-state index in [1.165, 1.54) is 5.56 Å². The zero-order valence-corrected chi connectivity index (χ0v) is 16.5. The van der Waals surface area contributed by atoms with Crippen molar-refractivity contribution in [2.24, 2.45) is 0 Å². The summed E-state index contributed by atoms with van der Waals surface area (Å²) in [6.07, 6.45) is 4.86. The molecule has 1 aromatic heterocycles. The number of rotatable bonds is 8. The zero-order valence-electron chi connectivity index (χ0n) is 15.7. The third-order valence-corrected chi connectivity index (χ3v) is 5.89. The van der Waals surface area contributed by atoms with E-state index < -0.39 is 10.0 Å². The Labute approximate surface area is 161 Å². The molecule has 2 aromatic carbocycles. The van der Waals surface area contributed by atoms with Gasteiger partial charge in [-0.1, -0.05) is 55.8 Å². The summed E-state index contributed by atoms with van der Waals surface area (Å²) in [4.78, 5) is 0.202. The fourth-order valence-corrected chi connectivity index (χ4v) is 4.19. The lowest BCUT2D eigenvalue weighted by Gasteiger charge is -2.08. The Kier molecular flexibility index (Phi) is 5.96. The minimum absolute atomic E-state index is 0.202. The van der Waals surface area contributed by atoms with Gasteiger partial charge >= 0.3 is 0 Å². The second-order valence-electron chi connectivity index (χ2n) is 6.67. The number of nitrogens with zero attached hydrogens (tertiary/aromatic N) is 2. The number of sulfonamides is 1. The molecule has 0 spiro atoms. The smallest absolute Gasteiger partial charge is 0.265 e. The molecule has 0 bridgehead atoms. The van der Waals surface area contributed by atoms with Gasteiger partial charge in [0, 0.05) is 11.9 Å². The molecule has 5 nitrogen and oxygen atoms in total. The fraction of sp³-hybridized carbons (Fsp3) is 0.286. The highest BCUT2D eigenvalue weighted by atomic mass is 32.2. The van der Waals surface area contributed by atoms with Gasteiger partial charge in [-0.25, -0.2) is 8.42 Å². The fourth-order valence-electron chi connectivity index (χ4n) is 2.95. The maximum atomic E-state index is 12.8. The van der Waals surface area contributed by atoms with Gasteiger partial charge in [0.05, 0.1) is 12.2 Å². The standard InChI is InChI=1S/C21H25N3O2S/c1-3-4-8-18-11-13-20(14-12-18)23-27(25,26)21-16-24(22-17(21)2)15-19-9-6-5-7-10-19/h5-7,9-14,16,23H,3-4,8,15H2,1-2H3. The van der Waals surface area contributed by atoms with E-state index in [4.69, 9.17) is 0 Å². The monoisotopic (exact) mass is 383 g/mol. The van der Waals surface area contributed by atoms with Crippen LogP contribution in [0.15, 0.2) is 65.7 Å². The van der Waals surface area contributed by atoms with Gasteiger partial charge in [0.25, 0.3) is 10.0 Å². The van der Waals surface area contributed by atoms with Gasteiger partial charge in [0.15, 0.2) is 0 Å². The summed E-state index contributed by atoms with van der Waals surface area (Å²) in [5.41, 5.74) is 3.33. The Morgan fingerprint density at radius 1 is 1.00 bits per heavy atom. The average molecular weight is 384 g/mol. The molecule has 0 aliphatic heterocycles. The van der Waals surface area contributed by atoms with Crippen LogP contribution in [-0.4, -0.2) is 18.2 Å². The summed E-state index contributed by atoms with van der Waals surface area (Å²) < 4.78 is 29.9. The topological polar surface area (TPSA) is 64.0 Å². The zero-order chi connectivity index (χ0) is 19.3. The van der Waals surface area contributed by atoms with Crippen LogP contribution in [0.1, 0.15) is 36.6 Å². The number of aromatic nitrogens is 2. The van der Waals surface area contributed by atoms with Crippen LogP contribution in [0.3, 0.4) is 0 Å². The summed E-state index contributed by atoms with van der Waals surface area (Å²) >= 11 is 0. The van der Waals surface area contributed by atoms with Crippen LogP contribution < -0.4 is 4.72 Å². The number of nitrogens with one attached hydrogen (secondary N) is 1. The minimum Gasteiger partial charge on any atom is -0.280 e. The highest BCUT2D eigenvalue weighted by Crippen LogP contribution is 2.20. The summed E-state index contributed by atoms with van der Waals surface area (Å²) in [7, 11) is -3.68. The van der Waals surface area contributed by atoms with E-state index in [0.717, 1.165) is 24.8 Å². The van der Waals surface area contributed by atoms with Crippen molar-refractivity contribution >= 4 is 15.7 Å². The molecule has 0 radical (unpaired) electrons. The lowest BCUT2D eigenvalue weighted by Crippen LogP contribution is -2.13. The maximum Gasteiger partial charge on any atom is 0.265 e. The van der Waals surface area contributed by atoms with Crippen molar-refractivity contribution in [3.63, 3.8) is 0 Å². The van der Waals surface area contributed by atoms with Crippen LogP contribution in [-0.2, 0) is 23.0 Å². The first-order valence-corrected chi connectivity index (χ1v) is 10.7. The summed E-state index contributed by atoms with van der Waals surface area (Å²) in [5.74, 6) is 0. The molecule has 6 heteroatoms. The predicted octanol–water partition coefficient (Wildman–Crippen LogP) is 4.38. The van der Waals surface area contributed by atoms with Crippen molar-refractivity contribution in [3.8, 4) is 0 Å². The molecule has 0 amide bonds. The van der Waals surface area contributed by atoms with Crippen molar-refractivity contribution < 1.29 is 8.42 Å². The Bertz CT molecular complexity index is 978. The summed E-state index contributed by atoms with van der Waals surface area (Å²) in [5, 5.41) is 4.36. The first-order valence-electron chi connectivity index (χ1n) is 9.17. The van der Waals surface area contributed by atoms with Crippen LogP contribution in [0.25, 0.3) is 0 Å². The van der Waals surface area contributed by atoms with E-state index in [1.807, 2.05) is 54.6 Å². The number of hydrogen-bond acceptors (Lipinski definition) is 3. The largest absolute Gasteiger partial charge is 0.280 e. The molecule has 0 unspecified atom stereocenters. The first-order chi connectivity index (χ1) is 13.0. The van der Waals surface area contributed by atoms with Crippen LogP contribution in [0.5, 0.6) is 0 Å². The highest BCUT2D eigenvalue weighted by molar-refractivity contribution is 7.92. The van der Waals surface area contributed by atoms with Crippen molar-refractivity contribution in [1.82, 2.24) is 9.78 Å². The maximum absolute atomic E-state index is 12.8. The molecule has 142 valence electrons. The Morgan fingerprint density at radius 3 is 2.37 bits per heavy atom. The molecular weight excluding hydrogens is 358 g/mol. The van der Waals surface area contributed by atoms with Gasteiger partial charge < -0.3 is 0 Å². The number of anilines is 1. The normalized spacial score (nSPS) is 11.5. The third-order valence-electron chi connectivity index (χ3n) is 4.40. The SMILES string of the molecule is CCCCc1ccc(NS(=O)(=O)c2cn(Cc3ccccc3)nc2C)cc1. The minimum atomic E-state index is -3.68. The van der Waals surface area contributed by atoms with E-state index in [2.05, 4.69) is 16.7 Å². The van der Waals surface area contributed by atoms with E-state index >= 15 is 0 Å². The molecule has 27 heavy (non-hydrogen) atoms. The summed E-state index contributed by atoms with van der Waals surface area (Å²) in [6.45, 7) is 4.40. The first kappa shape index (κ1) is 19.2. The van der Waals surface area contributed by atoms with E-state index in [1.54, 1.807) is 17.8 Å². The van der Waals surface area contributed by atoms with Crippen LogP contribution in [0, 0.1) is 6.92 Å². The number of aryl methyl sites for hydroxylation is 2. The molecule has 0 saturated heterocycles. The van der Waals surface area contributed by atoms with Gasteiger partial charge in [0.2, 0.25) is 0 Å². The van der Waals surface area contributed by atoms with E-state index in [9.17, 15) is 8.42 Å². The van der Waals surface area contributed by atoms with Crippen LogP contribution in [0.4, 0.5) is 5.69 Å². The van der Waals surface area contributed by atoms with Gasteiger partial charge in [-0.3, -0.25) is 9.40 Å². The van der Waals surface area contributed by atoms with E-state index in [-0.39, 0.29) is 4.90 Å². The molecule has 1 heterocycles. The van der Waals surface area contributed by atoms with Crippen molar-refractivity contribution in [2.45, 2.75) is 44.6 Å². The number of unbranched alkanes of at least 4 members (excludes halogenated alkanes) is 1. The van der Waals surface area contributed by atoms with Gasteiger partial charge in [-0.15, -0.1) is 0 Å². The lowest BCUT2D eigenvalue weighted by atomic mass is 10.1. The second-order valence-corrected chi connectivity index (χ2v) is 8.32. The molecule has 0 aliphatic rings. The van der Waals surface area contributed by atoms with Gasteiger partial charge in [-0.2, -0.15) is 5.10 Å². The molecular formula is C21H25N3O2S. The van der Waals surface area contributed by atoms with Gasteiger partial charge in [0.1, 0.15) is 4.90 Å². The van der Waals surface area contributed by atoms with Crippen molar-refractivity contribution in [3.05, 3.63) is 77.6 Å². The summed E-state index contributed by atoms with van der Waals surface area (Å²) in [6, 6.07) is 17.4. The second kappa shape index (κ2) is 8.39. The number of hydrogen-bond donors (Lipinski definition) is 1. The number of benzene rings is 2. The Morgan fingerprint density at radius 2 is 1.70 bits per heavy atom. The Hall–Kier alpha value is -2.60. The molecule has 0 atom stereocenters. The van der Waals surface area contributed by atoms with Gasteiger partial charge in [-0.05, 0) is 43.0 Å². The molecule has 0 aliphatic carbocycles. The Balaban J connectivity index is 1.74. The van der Waals surface area contributed by atoms with E-state index in [0.29, 0.717) is 17.9 Å². The molecule has 0 fully saturated rings. The molecule has 1 N–H and O–H groups in total. The van der Waals surface area contributed by atoms with Crippen molar-refractivity contribution in [1.29, 1.82) is 0 Å². The predicted molar refractivity (Wildman–Crippen MR) is 108 cm³/mol. The average Bonchev–Trinajstić information content (AvgIpc) is 3.03. The highest BCUT2D eigenvalue weighted by Gasteiger charge is 2.20. The quantitative estimate of drug-likeness (QED) is 0.628. The lowest BCUT2D eigenvalue weighted by molar-refractivity contribution is 0.600. The van der Waals surface area contributed by atoms with Crippen LogP contribution >= 0.6 is 0 Å². The van der Waals surface area contributed by atoms with Crippen LogP contribution in [0.2, 0.25) is 0 Å². The van der Waals surface area contributed by atoms with Crippen molar-refractivity contribution in [2.75, 3.05) is 4.72 Å². The molecule has 3 rings (SSSR count). The molecule has 3 aromatic rings.